The van der Waals surface area contributed by atoms with Crippen molar-refractivity contribution in [2.75, 3.05) is 26.3 Å². The third-order valence-corrected chi connectivity index (χ3v) is 9.27. The minimum absolute atomic E-state index is 0.383. The van der Waals surface area contributed by atoms with Crippen LogP contribution in [-0.2, 0) is 11.3 Å². The van der Waals surface area contributed by atoms with Crippen LogP contribution in [0.15, 0.2) is 18.2 Å². The fourth-order valence-corrected chi connectivity index (χ4v) is 6.32. The van der Waals surface area contributed by atoms with E-state index in [1.54, 1.807) is 0 Å². The molecule has 0 atom stereocenters. The Hall–Kier alpha value is -1.95. The average molecular weight is 703 g/mol. The number of benzene rings is 1. The van der Waals surface area contributed by atoms with Crippen LogP contribution >= 0.6 is 0 Å². The zero-order valence-electron chi connectivity index (χ0n) is 33.8. The zero-order valence-corrected chi connectivity index (χ0v) is 33.8. The third-order valence-electron chi connectivity index (χ3n) is 9.27. The lowest BCUT2D eigenvalue weighted by Gasteiger charge is -2.19. The number of carbonyl (C=O) groups is 1. The quantitative estimate of drug-likeness (QED) is 0.0689. The second kappa shape index (κ2) is 32.9. The first-order valence-corrected chi connectivity index (χ1v) is 21.4. The molecular weight excluding hydrogens is 620 g/mol. The molecule has 0 aliphatic heterocycles. The van der Waals surface area contributed by atoms with E-state index in [2.05, 4.69) is 42.7 Å². The topological polar surface area (TPSA) is 68.8 Å². The van der Waals surface area contributed by atoms with Gasteiger partial charge in [0.1, 0.15) is 17.1 Å². The van der Waals surface area contributed by atoms with Gasteiger partial charge in [0.2, 0.25) is 0 Å². The highest BCUT2D eigenvalue weighted by Gasteiger charge is 2.15. The van der Waals surface area contributed by atoms with Gasteiger partial charge in [0.15, 0.2) is 0 Å². The van der Waals surface area contributed by atoms with Crippen LogP contribution in [0.1, 0.15) is 207 Å². The fraction of sp³-hybridized carbons (Fsp3) is 0.841. The van der Waals surface area contributed by atoms with Crippen molar-refractivity contribution in [1.29, 1.82) is 0 Å². The lowest BCUT2D eigenvalue weighted by atomic mass is 10.0. The number of carbonyl (C=O) groups excluding carboxylic acids is 1. The molecule has 0 heterocycles. The predicted molar refractivity (Wildman–Crippen MR) is 215 cm³/mol. The van der Waals surface area contributed by atoms with Crippen LogP contribution in [0.3, 0.4) is 0 Å². The van der Waals surface area contributed by atoms with Crippen molar-refractivity contribution in [1.82, 2.24) is 10.6 Å². The van der Waals surface area contributed by atoms with Gasteiger partial charge in [0, 0.05) is 25.7 Å². The molecule has 0 unspecified atom stereocenters. The van der Waals surface area contributed by atoms with E-state index < -0.39 is 5.60 Å². The second-order valence-corrected chi connectivity index (χ2v) is 15.6. The summed E-state index contributed by atoms with van der Waals surface area (Å²) in [5.41, 5.74) is 0.638. The van der Waals surface area contributed by atoms with Gasteiger partial charge in [0.25, 0.3) is 0 Å². The van der Waals surface area contributed by atoms with Crippen molar-refractivity contribution >= 4 is 6.09 Å². The monoisotopic (exact) mass is 703 g/mol. The number of nitrogens with one attached hydrogen (secondary N) is 2. The van der Waals surface area contributed by atoms with Crippen molar-refractivity contribution in [3.63, 3.8) is 0 Å². The SMILES string of the molecule is CCCCCCCCCCCCCCCOc1cc(CNCCNC(=O)OC(C)(C)C)cc(OCCCCCCCCCCCCCCC)c1. The van der Waals surface area contributed by atoms with E-state index in [0.29, 0.717) is 19.6 Å². The van der Waals surface area contributed by atoms with Gasteiger partial charge < -0.3 is 24.8 Å². The Morgan fingerprint density at radius 1 is 0.520 bits per heavy atom. The maximum Gasteiger partial charge on any atom is 0.407 e. The third kappa shape index (κ3) is 30.8. The maximum atomic E-state index is 11.9. The highest BCUT2D eigenvalue weighted by atomic mass is 16.6. The molecule has 1 amide bonds. The number of unbranched alkanes of at least 4 members (excludes halogenated alkanes) is 24. The molecule has 0 fully saturated rings. The molecule has 0 spiro atoms. The summed E-state index contributed by atoms with van der Waals surface area (Å²) in [6, 6.07) is 6.29. The number of rotatable bonds is 35. The van der Waals surface area contributed by atoms with E-state index in [4.69, 9.17) is 14.2 Å². The molecule has 0 saturated heterocycles. The van der Waals surface area contributed by atoms with E-state index in [9.17, 15) is 4.79 Å². The largest absolute Gasteiger partial charge is 0.493 e. The molecule has 292 valence electrons. The number of amides is 1. The smallest absolute Gasteiger partial charge is 0.407 e. The van der Waals surface area contributed by atoms with E-state index in [1.165, 1.54) is 154 Å². The molecule has 0 saturated carbocycles. The van der Waals surface area contributed by atoms with Crippen LogP contribution in [0.4, 0.5) is 4.79 Å². The van der Waals surface area contributed by atoms with Gasteiger partial charge in [-0.05, 0) is 51.3 Å². The number of hydrogen-bond donors (Lipinski definition) is 2. The molecule has 1 rings (SSSR count). The molecular formula is C44H82N2O4. The second-order valence-electron chi connectivity index (χ2n) is 15.6. The summed E-state index contributed by atoms with van der Waals surface area (Å²) in [4.78, 5) is 11.9. The van der Waals surface area contributed by atoms with Gasteiger partial charge in [-0.2, -0.15) is 0 Å². The summed E-state index contributed by atoms with van der Waals surface area (Å²) in [5.74, 6) is 1.77. The fourth-order valence-electron chi connectivity index (χ4n) is 6.32. The van der Waals surface area contributed by atoms with Crippen molar-refractivity contribution in [3.8, 4) is 11.5 Å². The average Bonchev–Trinajstić information content (AvgIpc) is 3.07. The summed E-state index contributed by atoms with van der Waals surface area (Å²) in [6.07, 6.45) is 34.7. The first-order valence-electron chi connectivity index (χ1n) is 21.4. The molecule has 0 aliphatic carbocycles. The molecule has 0 aliphatic rings. The van der Waals surface area contributed by atoms with Gasteiger partial charge in [-0.3, -0.25) is 0 Å². The van der Waals surface area contributed by atoms with E-state index >= 15 is 0 Å². The van der Waals surface area contributed by atoms with Crippen LogP contribution in [0, 0.1) is 0 Å². The Morgan fingerprint density at radius 3 is 1.24 bits per heavy atom. The van der Waals surface area contributed by atoms with Crippen molar-refractivity contribution in [2.24, 2.45) is 0 Å². The van der Waals surface area contributed by atoms with Gasteiger partial charge >= 0.3 is 6.09 Å². The molecule has 1 aromatic rings. The first-order chi connectivity index (χ1) is 24.3. The Labute approximate surface area is 310 Å². The molecule has 2 N–H and O–H groups in total. The molecule has 6 heteroatoms. The van der Waals surface area contributed by atoms with E-state index in [1.807, 2.05) is 20.8 Å². The summed E-state index contributed by atoms with van der Waals surface area (Å²) in [6.45, 7) is 13.5. The van der Waals surface area contributed by atoms with E-state index in [0.717, 1.165) is 43.1 Å². The van der Waals surface area contributed by atoms with Crippen LogP contribution in [-0.4, -0.2) is 38.0 Å². The number of ether oxygens (including phenoxy) is 3. The molecule has 50 heavy (non-hydrogen) atoms. The summed E-state index contributed by atoms with van der Waals surface area (Å²) < 4.78 is 17.8. The van der Waals surface area contributed by atoms with Crippen LogP contribution < -0.4 is 20.1 Å². The molecule has 6 nitrogen and oxygen atoms in total. The molecule has 0 aromatic heterocycles. The standard InChI is InChI=1S/C44H82N2O4/c1-6-8-10-12-14-16-18-20-22-24-26-28-30-34-48-41-36-40(39-45-32-33-46-43(47)50-44(3,4)5)37-42(38-41)49-35-31-29-27-25-23-21-19-17-15-13-11-9-7-2/h36-38,45H,6-35,39H2,1-5H3,(H,46,47). The highest BCUT2D eigenvalue weighted by molar-refractivity contribution is 5.67. The normalized spacial score (nSPS) is 11.5. The van der Waals surface area contributed by atoms with Gasteiger partial charge in [-0.1, -0.05) is 168 Å². The van der Waals surface area contributed by atoms with Gasteiger partial charge in [-0.25, -0.2) is 4.79 Å². The molecule has 0 radical (unpaired) electrons. The van der Waals surface area contributed by atoms with Gasteiger partial charge in [-0.15, -0.1) is 0 Å². The maximum absolute atomic E-state index is 11.9. The Kier molecular flexibility index (Phi) is 30.3. The summed E-state index contributed by atoms with van der Waals surface area (Å²) >= 11 is 0. The predicted octanol–water partition coefficient (Wildman–Crippen LogP) is 13.2. The minimum atomic E-state index is -0.492. The van der Waals surface area contributed by atoms with Crippen molar-refractivity contribution in [2.45, 2.75) is 214 Å². The van der Waals surface area contributed by atoms with Crippen molar-refractivity contribution < 1.29 is 19.0 Å². The Balaban J connectivity index is 2.34. The number of hydrogen-bond acceptors (Lipinski definition) is 5. The molecule has 0 bridgehead atoms. The lowest BCUT2D eigenvalue weighted by Crippen LogP contribution is -2.36. The summed E-state index contributed by atoms with van der Waals surface area (Å²) in [7, 11) is 0. The van der Waals surface area contributed by atoms with E-state index in [-0.39, 0.29) is 6.09 Å². The Morgan fingerprint density at radius 2 is 0.880 bits per heavy atom. The lowest BCUT2D eigenvalue weighted by molar-refractivity contribution is 0.0528. The minimum Gasteiger partial charge on any atom is -0.493 e. The van der Waals surface area contributed by atoms with Crippen LogP contribution in [0.2, 0.25) is 0 Å². The zero-order chi connectivity index (χ0) is 36.4. The highest BCUT2D eigenvalue weighted by Crippen LogP contribution is 2.24. The molecule has 1 aromatic carbocycles. The van der Waals surface area contributed by atoms with Crippen LogP contribution in [0.25, 0.3) is 0 Å². The van der Waals surface area contributed by atoms with Gasteiger partial charge in [0.05, 0.1) is 13.2 Å². The van der Waals surface area contributed by atoms with Crippen LogP contribution in [0.5, 0.6) is 11.5 Å². The summed E-state index contributed by atoms with van der Waals surface area (Å²) in [5, 5.41) is 6.25. The Bertz CT molecular complexity index is 850. The van der Waals surface area contributed by atoms with Crippen molar-refractivity contribution in [3.05, 3.63) is 23.8 Å². The first kappa shape index (κ1) is 46.1. The number of alkyl carbamates (subject to hydrolysis) is 1.